The van der Waals surface area contributed by atoms with Crippen molar-refractivity contribution in [1.82, 2.24) is 0 Å². The van der Waals surface area contributed by atoms with Crippen LogP contribution in [-0.2, 0) is 13.0 Å². The van der Waals surface area contributed by atoms with Gasteiger partial charge >= 0.3 is 0 Å². The Morgan fingerprint density at radius 1 is 1.33 bits per heavy atom. The minimum atomic E-state index is 0.00122. The largest absolute Gasteiger partial charge is 0.493 e. The smallest absolute Gasteiger partial charge is 0.163 e. The van der Waals surface area contributed by atoms with Crippen LogP contribution in [0.2, 0.25) is 0 Å². The van der Waals surface area contributed by atoms with Crippen LogP contribution in [0.4, 0.5) is 0 Å². The number of benzene rings is 2. The summed E-state index contributed by atoms with van der Waals surface area (Å²) >= 11 is 3.51. The first kappa shape index (κ1) is 14.1. The number of ketones is 1. The third-order valence-electron chi connectivity index (χ3n) is 3.47. The normalized spacial score (nSPS) is 12.7. The minimum Gasteiger partial charge on any atom is -0.493 e. The zero-order valence-corrected chi connectivity index (χ0v) is 13.3. The van der Waals surface area contributed by atoms with Crippen molar-refractivity contribution in [2.75, 3.05) is 6.61 Å². The lowest BCUT2D eigenvalue weighted by Crippen LogP contribution is -2.03. The molecule has 3 rings (SSSR count). The van der Waals surface area contributed by atoms with Crippen LogP contribution in [0, 0.1) is 0 Å². The summed E-state index contributed by atoms with van der Waals surface area (Å²) in [5.74, 6) is 1.52. The van der Waals surface area contributed by atoms with Gasteiger partial charge in [0.1, 0.15) is 18.1 Å². The quantitative estimate of drug-likeness (QED) is 0.779. The lowest BCUT2D eigenvalue weighted by molar-refractivity contribution is 0.101. The summed E-state index contributed by atoms with van der Waals surface area (Å²) in [6.45, 7) is 2.64. The highest BCUT2D eigenvalue weighted by molar-refractivity contribution is 9.10. The molecule has 0 bridgehead atoms. The van der Waals surface area contributed by atoms with Crippen LogP contribution in [-0.4, -0.2) is 12.4 Å². The maximum absolute atomic E-state index is 11.6. The number of halogens is 1. The summed E-state index contributed by atoms with van der Waals surface area (Å²) in [6, 6.07) is 11.4. The molecule has 0 fully saturated rings. The van der Waals surface area contributed by atoms with E-state index in [1.54, 1.807) is 13.0 Å². The second-order valence-electron chi connectivity index (χ2n) is 4.99. The number of hydrogen-bond donors (Lipinski definition) is 0. The summed E-state index contributed by atoms with van der Waals surface area (Å²) in [6.07, 6.45) is 0.922. The van der Waals surface area contributed by atoms with Crippen molar-refractivity contribution in [3.8, 4) is 11.5 Å². The van der Waals surface area contributed by atoms with Crippen molar-refractivity contribution in [3.63, 3.8) is 0 Å². The van der Waals surface area contributed by atoms with Crippen LogP contribution in [0.3, 0.4) is 0 Å². The van der Waals surface area contributed by atoms with Crippen LogP contribution in [0.25, 0.3) is 0 Å². The molecule has 2 aromatic carbocycles. The average molecular weight is 347 g/mol. The van der Waals surface area contributed by atoms with Crippen molar-refractivity contribution in [3.05, 3.63) is 57.6 Å². The van der Waals surface area contributed by atoms with E-state index in [2.05, 4.69) is 22.0 Å². The number of rotatable bonds is 4. The Hall–Kier alpha value is -1.81. The molecule has 0 saturated carbocycles. The first-order chi connectivity index (χ1) is 10.1. The Morgan fingerprint density at radius 3 is 2.95 bits per heavy atom. The van der Waals surface area contributed by atoms with Gasteiger partial charge in [-0.05, 0) is 36.8 Å². The van der Waals surface area contributed by atoms with E-state index in [4.69, 9.17) is 9.47 Å². The molecule has 0 aromatic heterocycles. The zero-order chi connectivity index (χ0) is 14.8. The molecule has 0 radical (unpaired) electrons. The first-order valence-electron chi connectivity index (χ1n) is 6.82. The molecule has 0 spiro atoms. The van der Waals surface area contributed by atoms with Crippen molar-refractivity contribution in [2.24, 2.45) is 0 Å². The monoisotopic (exact) mass is 346 g/mol. The fourth-order valence-corrected chi connectivity index (χ4v) is 3.04. The van der Waals surface area contributed by atoms with Gasteiger partial charge in [-0.25, -0.2) is 0 Å². The number of hydrogen-bond acceptors (Lipinski definition) is 3. The van der Waals surface area contributed by atoms with Gasteiger partial charge in [0.25, 0.3) is 0 Å². The van der Waals surface area contributed by atoms with Crippen LogP contribution in [0.1, 0.15) is 28.4 Å². The molecule has 0 saturated heterocycles. The Kier molecular flexibility index (Phi) is 3.97. The summed E-state index contributed by atoms with van der Waals surface area (Å²) < 4.78 is 12.5. The van der Waals surface area contributed by atoms with Gasteiger partial charge in [-0.2, -0.15) is 0 Å². The van der Waals surface area contributed by atoms with Crippen LogP contribution in [0.15, 0.2) is 40.9 Å². The number of Topliss-reactive ketones (excluding diaryl/α,β-unsaturated/α-hetero) is 1. The maximum Gasteiger partial charge on any atom is 0.163 e. The molecule has 0 amide bonds. The number of carbonyl (C=O) groups is 1. The fraction of sp³-hybridized carbons (Fsp3) is 0.235. The number of para-hydroxylation sites is 1. The lowest BCUT2D eigenvalue weighted by atomic mass is 10.1. The van der Waals surface area contributed by atoms with Gasteiger partial charge < -0.3 is 9.47 Å². The van der Waals surface area contributed by atoms with Crippen LogP contribution >= 0.6 is 15.9 Å². The maximum atomic E-state index is 11.6. The van der Waals surface area contributed by atoms with Gasteiger partial charge in [-0.15, -0.1) is 0 Å². The van der Waals surface area contributed by atoms with E-state index in [-0.39, 0.29) is 5.78 Å². The standard InChI is InChI=1S/C17H15BrO3/c1-11(19)15-4-2-3-5-16(15)21-10-13-9-14(18)8-12-6-7-20-17(12)13/h2-5,8-9H,6-7,10H2,1H3. The molecular formula is C17H15BrO3. The van der Waals surface area contributed by atoms with E-state index < -0.39 is 0 Å². The third kappa shape index (κ3) is 2.95. The minimum absolute atomic E-state index is 0.00122. The van der Waals surface area contributed by atoms with Crippen LogP contribution < -0.4 is 9.47 Å². The Morgan fingerprint density at radius 2 is 2.14 bits per heavy atom. The van der Waals surface area contributed by atoms with E-state index in [1.807, 2.05) is 24.3 Å². The fourth-order valence-electron chi connectivity index (χ4n) is 2.49. The first-order valence-corrected chi connectivity index (χ1v) is 7.61. The van der Waals surface area contributed by atoms with Crippen molar-refractivity contribution in [1.29, 1.82) is 0 Å². The van der Waals surface area contributed by atoms with Crippen molar-refractivity contribution >= 4 is 21.7 Å². The van der Waals surface area contributed by atoms with Gasteiger partial charge in [0, 0.05) is 16.5 Å². The average Bonchev–Trinajstić information content (AvgIpc) is 2.93. The predicted octanol–water partition coefficient (Wildman–Crippen LogP) is 4.17. The molecule has 0 atom stereocenters. The molecule has 0 aliphatic carbocycles. The number of ether oxygens (including phenoxy) is 2. The predicted molar refractivity (Wildman–Crippen MR) is 84.1 cm³/mol. The van der Waals surface area contributed by atoms with Gasteiger partial charge in [0.15, 0.2) is 5.78 Å². The second kappa shape index (κ2) is 5.90. The van der Waals surface area contributed by atoms with E-state index in [1.165, 1.54) is 5.56 Å². The topological polar surface area (TPSA) is 35.5 Å². The SMILES string of the molecule is CC(=O)c1ccccc1OCc1cc(Br)cc2c1OCC2. The van der Waals surface area contributed by atoms with E-state index in [0.717, 1.165) is 22.2 Å². The Labute approximate surface area is 132 Å². The summed E-state index contributed by atoms with van der Waals surface area (Å²) in [4.78, 5) is 11.6. The zero-order valence-electron chi connectivity index (χ0n) is 11.7. The highest BCUT2D eigenvalue weighted by atomic mass is 79.9. The molecule has 0 unspecified atom stereocenters. The second-order valence-corrected chi connectivity index (χ2v) is 5.91. The highest BCUT2D eigenvalue weighted by Gasteiger charge is 2.18. The van der Waals surface area contributed by atoms with E-state index in [9.17, 15) is 4.79 Å². The van der Waals surface area contributed by atoms with Gasteiger partial charge in [0.05, 0.1) is 12.2 Å². The molecule has 21 heavy (non-hydrogen) atoms. The van der Waals surface area contributed by atoms with Gasteiger partial charge in [-0.3, -0.25) is 4.79 Å². The molecule has 1 heterocycles. The molecule has 0 N–H and O–H groups in total. The van der Waals surface area contributed by atoms with E-state index in [0.29, 0.717) is 24.5 Å². The summed E-state index contributed by atoms with van der Waals surface area (Å²) in [5.41, 5.74) is 2.79. The number of fused-ring (bicyclic) bond motifs is 1. The highest BCUT2D eigenvalue weighted by Crippen LogP contribution is 2.34. The Bertz CT molecular complexity index is 694. The third-order valence-corrected chi connectivity index (χ3v) is 3.93. The van der Waals surface area contributed by atoms with Crippen molar-refractivity contribution in [2.45, 2.75) is 20.0 Å². The van der Waals surface area contributed by atoms with Gasteiger partial charge in [-0.1, -0.05) is 28.1 Å². The molecule has 108 valence electrons. The molecule has 2 aromatic rings. The van der Waals surface area contributed by atoms with Crippen molar-refractivity contribution < 1.29 is 14.3 Å². The number of carbonyl (C=O) groups excluding carboxylic acids is 1. The Balaban J connectivity index is 1.85. The van der Waals surface area contributed by atoms with E-state index >= 15 is 0 Å². The lowest BCUT2D eigenvalue weighted by Gasteiger charge is -2.12. The molecule has 1 aliphatic heterocycles. The molecule has 4 heteroatoms. The molecule has 1 aliphatic rings. The summed E-state index contributed by atoms with van der Waals surface area (Å²) in [5, 5.41) is 0. The van der Waals surface area contributed by atoms with Crippen LogP contribution in [0.5, 0.6) is 11.5 Å². The molecule has 3 nitrogen and oxygen atoms in total. The van der Waals surface area contributed by atoms with Gasteiger partial charge in [0.2, 0.25) is 0 Å². The summed E-state index contributed by atoms with van der Waals surface area (Å²) in [7, 11) is 0. The molecular weight excluding hydrogens is 332 g/mol.